The number of esters is 1. The lowest BCUT2D eigenvalue weighted by atomic mass is 10.2. The van der Waals surface area contributed by atoms with Gasteiger partial charge in [0, 0.05) is 30.0 Å². The van der Waals surface area contributed by atoms with Gasteiger partial charge in [0.15, 0.2) is 0 Å². The van der Waals surface area contributed by atoms with Crippen molar-refractivity contribution in [2.45, 2.75) is 19.4 Å². The van der Waals surface area contributed by atoms with Crippen molar-refractivity contribution in [3.63, 3.8) is 0 Å². The van der Waals surface area contributed by atoms with Crippen molar-refractivity contribution in [2.24, 2.45) is 0 Å². The van der Waals surface area contributed by atoms with Gasteiger partial charge in [0.25, 0.3) is 0 Å². The fraction of sp³-hybridized carbons (Fsp3) is 0.385. The molecule has 0 aliphatic rings. The number of rotatable bonds is 5. The monoisotopic (exact) mass is 331 g/mol. The number of nitrogens with zero attached hydrogens (tertiary/aromatic N) is 1. The van der Waals surface area contributed by atoms with Gasteiger partial charge >= 0.3 is 5.97 Å². The van der Waals surface area contributed by atoms with Crippen LogP contribution in [-0.2, 0) is 20.9 Å². The third-order valence-corrected chi connectivity index (χ3v) is 3.10. The van der Waals surface area contributed by atoms with Crippen molar-refractivity contribution in [1.82, 2.24) is 4.90 Å². The van der Waals surface area contributed by atoms with Crippen LogP contribution in [0.4, 0.5) is 4.39 Å². The zero-order valence-corrected chi connectivity index (χ0v) is 12.4. The Hall–Kier alpha value is -1.43. The Labute approximate surface area is 119 Å². The second-order valence-corrected chi connectivity index (χ2v) is 4.98. The van der Waals surface area contributed by atoms with Gasteiger partial charge in [-0.2, -0.15) is 0 Å². The van der Waals surface area contributed by atoms with E-state index >= 15 is 0 Å². The topological polar surface area (TPSA) is 46.6 Å². The molecule has 0 unspecified atom stereocenters. The summed E-state index contributed by atoms with van der Waals surface area (Å²) in [5.41, 5.74) is 0.420. The van der Waals surface area contributed by atoms with Crippen molar-refractivity contribution >= 4 is 27.8 Å². The number of benzene rings is 1. The van der Waals surface area contributed by atoms with E-state index in [0.717, 1.165) is 4.47 Å². The average molecular weight is 332 g/mol. The van der Waals surface area contributed by atoms with Crippen molar-refractivity contribution in [3.8, 4) is 0 Å². The van der Waals surface area contributed by atoms with E-state index in [4.69, 9.17) is 0 Å². The largest absolute Gasteiger partial charge is 0.469 e. The molecule has 1 aromatic rings. The van der Waals surface area contributed by atoms with Gasteiger partial charge in [-0.05, 0) is 18.2 Å². The summed E-state index contributed by atoms with van der Waals surface area (Å²) in [5, 5.41) is 0. The molecule has 0 aromatic heterocycles. The number of hydrogen-bond donors (Lipinski definition) is 0. The van der Waals surface area contributed by atoms with E-state index in [1.54, 1.807) is 19.2 Å². The van der Waals surface area contributed by atoms with Crippen LogP contribution < -0.4 is 0 Å². The second kappa shape index (κ2) is 7.23. The van der Waals surface area contributed by atoms with E-state index in [1.807, 2.05) is 0 Å². The summed E-state index contributed by atoms with van der Waals surface area (Å²) < 4.78 is 18.7. The molecule has 0 N–H and O–H groups in total. The Kier molecular flexibility index (Phi) is 5.95. The number of carbonyl (C=O) groups excluding carboxylic acids is 2. The predicted octanol–water partition coefficient (Wildman–Crippen LogP) is 2.50. The zero-order chi connectivity index (χ0) is 14.4. The van der Waals surface area contributed by atoms with E-state index in [2.05, 4.69) is 20.7 Å². The number of halogens is 2. The van der Waals surface area contributed by atoms with Gasteiger partial charge in [-0.3, -0.25) is 9.59 Å². The molecule has 1 rings (SSSR count). The number of amides is 1. The molecule has 0 aliphatic heterocycles. The first-order valence-corrected chi connectivity index (χ1v) is 6.48. The molecule has 4 nitrogen and oxygen atoms in total. The summed E-state index contributed by atoms with van der Waals surface area (Å²) in [5.74, 6) is -1.03. The number of hydrogen-bond acceptors (Lipinski definition) is 3. The summed E-state index contributed by atoms with van der Waals surface area (Å²) in [4.78, 5) is 24.1. The van der Waals surface area contributed by atoms with Crippen molar-refractivity contribution in [2.75, 3.05) is 14.2 Å². The van der Waals surface area contributed by atoms with Gasteiger partial charge in [0.2, 0.25) is 5.91 Å². The van der Waals surface area contributed by atoms with Crippen LogP contribution in [0.5, 0.6) is 0 Å². The third-order valence-electron chi connectivity index (χ3n) is 2.61. The molecular formula is C13H15BrFNO3. The Morgan fingerprint density at radius 1 is 1.37 bits per heavy atom. The summed E-state index contributed by atoms with van der Waals surface area (Å²) >= 11 is 3.25. The van der Waals surface area contributed by atoms with Gasteiger partial charge in [0.1, 0.15) is 5.82 Å². The van der Waals surface area contributed by atoms with Crippen LogP contribution in [-0.4, -0.2) is 30.9 Å². The summed E-state index contributed by atoms with van der Waals surface area (Å²) in [6.07, 6.45) is 0.0828. The van der Waals surface area contributed by atoms with Gasteiger partial charge in [-0.15, -0.1) is 0 Å². The van der Waals surface area contributed by atoms with E-state index in [9.17, 15) is 14.0 Å². The molecule has 0 radical (unpaired) electrons. The standard InChI is InChI=1S/C13H15BrFNO3/c1-16(12(17)5-6-13(18)19-2)8-9-7-10(14)3-4-11(9)15/h3-4,7H,5-6,8H2,1-2H3. The van der Waals surface area contributed by atoms with Crippen LogP contribution in [0.15, 0.2) is 22.7 Å². The smallest absolute Gasteiger partial charge is 0.306 e. The lowest BCUT2D eigenvalue weighted by Gasteiger charge is -2.17. The Balaban J connectivity index is 2.58. The van der Waals surface area contributed by atoms with E-state index in [-0.39, 0.29) is 31.1 Å². The molecule has 0 heterocycles. The van der Waals surface area contributed by atoms with E-state index < -0.39 is 5.97 Å². The highest BCUT2D eigenvalue weighted by Gasteiger charge is 2.13. The second-order valence-electron chi connectivity index (χ2n) is 4.06. The maximum Gasteiger partial charge on any atom is 0.306 e. The minimum Gasteiger partial charge on any atom is -0.469 e. The quantitative estimate of drug-likeness (QED) is 0.779. The first kappa shape index (κ1) is 15.6. The van der Waals surface area contributed by atoms with E-state index in [0.29, 0.717) is 5.56 Å². The Bertz CT molecular complexity index is 479. The molecule has 0 spiro atoms. The molecule has 0 atom stereocenters. The van der Waals surface area contributed by atoms with Crippen LogP contribution in [0.2, 0.25) is 0 Å². The molecule has 1 amide bonds. The Morgan fingerprint density at radius 3 is 2.68 bits per heavy atom. The molecular weight excluding hydrogens is 317 g/mol. The van der Waals surface area contributed by atoms with Crippen LogP contribution in [0.1, 0.15) is 18.4 Å². The molecule has 1 aromatic carbocycles. The molecule has 104 valence electrons. The maximum atomic E-state index is 13.5. The first-order chi connectivity index (χ1) is 8.93. The van der Waals surface area contributed by atoms with Crippen molar-refractivity contribution in [3.05, 3.63) is 34.1 Å². The zero-order valence-electron chi connectivity index (χ0n) is 10.8. The summed E-state index contributed by atoms with van der Waals surface area (Å²) in [7, 11) is 2.84. The fourth-order valence-corrected chi connectivity index (χ4v) is 1.92. The highest BCUT2D eigenvalue weighted by molar-refractivity contribution is 9.10. The van der Waals surface area contributed by atoms with Crippen LogP contribution in [0.3, 0.4) is 0 Å². The Morgan fingerprint density at radius 2 is 2.05 bits per heavy atom. The molecule has 6 heteroatoms. The highest BCUT2D eigenvalue weighted by Crippen LogP contribution is 2.17. The minimum absolute atomic E-state index is 0.0284. The summed E-state index contributed by atoms with van der Waals surface area (Å²) in [6.45, 7) is 0.158. The first-order valence-electron chi connectivity index (χ1n) is 5.68. The lowest BCUT2D eigenvalue weighted by molar-refractivity contribution is -0.143. The molecule has 0 aliphatic carbocycles. The number of methoxy groups -OCH3 is 1. The van der Waals surface area contributed by atoms with Gasteiger partial charge in [-0.25, -0.2) is 4.39 Å². The van der Waals surface area contributed by atoms with Gasteiger partial charge in [0.05, 0.1) is 13.5 Å². The lowest BCUT2D eigenvalue weighted by Crippen LogP contribution is -2.27. The van der Waals surface area contributed by atoms with Crippen LogP contribution in [0, 0.1) is 5.82 Å². The molecule has 0 saturated carbocycles. The molecule has 0 fully saturated rings. The molecule has 0 saturated heterocycles. The fourth-order valence-electron chi connectivity index (χ4n) is 1.51. The van der Waals surface area contributed by atoms with Crippen molar-refractivity contribution < 1.29 is 18.7 Å². The minimum atomic E-state index is -0.435. The third kappa shape index (κ3) is 4.98. The van der Waals surface area contributed by atoms with Crippen LogP contribution >= 0.6 is 15.9 Å². The molecule has 0 bridgehead atoms. The SMILES string of the molecule is COC(=O)CCC(=O)N(C)Cc1cc(Br)ccc1F. The van der Waals surface area contributed by atoms with Crippen LogP contribution in [0.25, 0.3) is 0 Å². The highest BCUT2D eigenvalue weighted by atomic mass is 79.9. The van der Waals surface area contributed by atoms with Crippen molar-refractivity contribution in [1.29, 1.82) is 0 Å². The van der Waals surface area contributed by atoms with Gasteiger partial charge < -0.3 is 9.64 Å². The van der Waals surface area contributed by atoms with Gasteiger partial charge in [-0.1, -0.05) is 15.9 Å². The summed E-state index contributed by atoms with van der Waals surface area (Å²) in [6, 6.07) is 4.56. The molecule has 19 heavy (non-hydrogen) atoms. The predicted molar refractivity (Wildman–Crippen MR) is 71.8 cm³/mol. The van der Waals surface area contributed by atoms with E-state index in [1.165, 1.54) is 18.1 Å². The number of ether oxygens (including phenoxy) is 1. The normalized spacial score (nSPS) is 10.1. The number of carbonyl (C=O) groups is 2. The average Bonchev–Trinajstić information content (AvgIpc) is 2.39. The maximum absolute atomic E-state index is 13.5.